The third kappa shape index (κ3) is 2.90. The highest BCUT2D eigenvalue weighted by Gasteiger charge is 2.22. The molecule has 0 aliphatic rings. The number of para-hydroxylation sites is 1. The lowest BCUT2D eigenvalue weighted by molar-refractivity contribution is 0.728. The van der Waals surface area contributed by atoms with Crippen molar-refractivity contribution in [3.63, 3.8) is 0 Å². The van der Waals surface area contributed by atoms with Crippen LogP contribution in [0.1, 0.15) is 17.2 Å². The number of hydrogen-bond acceptors (Lipinski definition) is 3. The number of nitrogens with one attached hydrogen (secondary N) is 1. The molecule has 0 fully saturated rings. The standard InChI is InChI=1S/C26H19N5/c1-3-9-18(10-4-1)25(19-11-5-2-6-12-19)31-23-14-8-7-13-21(23)22-17-20(15-16-24(22)31)26-27-29-30-28-26/h1-17,25H,(H,27,28,29,30). The number of benzene rings is 4. The van der Waals surface area contributed by atoms with E-state index in [1.54, 1.807) is 0 Å². The first-order valence-corrected chi connectivity index (χ1v) is 10.3. The van der Waals surface area contributed by atoms with Gasteiger partial charge in [-0.1, -0.05) is 78.9 Å². The monoisotopic (exact) mass is 401 g/mol. The van der Waals surface area contributed by atoms with Gasteiger partial charge in [0.05, 0.1) is 11.6 Å². The Bertz CT molecular complexity index is 1430. The van der Waals surface area contributed by atoms with Crippen molar-refractivity contribution in [2.24, 2.45) is 0 Å². The molecule has 0 aliphatic heterocycles. The molecule has 0 radical (unpaired) electrons. The first kappa shape index (κ1) is 17.6. The van der Waals surface area contributed by atoms with E-state index in [0.717, 1.165) is 5.56 Å². The van der Waals surface area contributed by atoms with Crippen molar-refractivity contribution in [3.05, 3.63) is 114 Å². The topological polar surface area (TPSA) is 59.4 Å². The zero-order chi connectivity index (χ0) is 20.6. The van der Waals surface area contributed by atoms with Gasteiger partial charge in [-0.05, 0) is 40.6 Å². The molecular formula is C26H19N5. The average molecular weight is 401 g/mol. The van der Waals surface area contributed by atoms with Gasteiger partial charge >= 0.3 is 0 Å². The zero-order valence-electron chi connectivity index (χ0n) is 16.7. The lowest BCUT2D eigenvalue weighted by atomic mass is 9.98. The minimum Gasteiger partial charge on any atom is -0.329 e. The van der Waals surface area contributed by atoms with E-state index in [1.165, 1.54) is 32.9 Å². The van der Waals surface area contributed by atoms with Crippen molar-refractivity contribution in [1.29, 1.82) is 0 Å². The molecule has 0 amide bonds. The Morgan fingerprint density at radius 1 is 0.645 bits per heavy atom. The van der Waals surface area contributed by atoms with Gasteiger partial charge in [0, 0.05) is 21.9 Å². The second-order valence-electron chi connectivity index (χ2n) is 7.58. The summed E-state index contributed by atoms with van der Waals surface area (Å²) in [6.07, 6.45) is 0. The van der Waals surface area contributed by atoms with Gasteiger partial charge < -0.3 is 4.57 Å². The molecule has 4 aromatic carbocycles. The SMILES string of the molecule is c1ccc(C(c2ccccc2)n2c3ccccc3c3cc(-c4nn[nH]n4)ccc32)cc1. The molecule has 0 spiro atoms. The zero-order valence-corrected chi connectivity index (χ0v) is 16.7. The van der Waals surface area contributed by atoms with Crippen LogP contribution < -0.4 is 0 Å². The van der Waals surface area contributed by atoms with Crippen LogP contribution in [-0.4, -0.2) is 25.2 Å². The first-order chi connectivity index (χ1) is 15.4. The van der Waals surface area contributed by atoms with E-state index in [1.807, 2.05) is 0 Å². The summed E-state index contributed by atoms with van der Waals surface area (Å²) >= 11 is 0. The third-order valence-electron chi connectivity index (χ3n) is 5.80. The number of fused-ring (bicyclic) bond motifs is 3. The van der Waals surface area contributed by atoms with Gasteiger partial charge in [-0.25, -0.2) is 0 Å². The van der Waals surface area contributed by atoms with Crippen LogP contribution in [-0.2, 0) is 0 Å². The molecule has 0 bridgehead atoms. The highest BCUT2D eigenvalue weighted by molar-refractivity contribution is 6.09. The summed E-state index contributed by atoms with van der Waals surface area (Å²) in [5.74, 6) is 0.599. The van der Waals surface area contributed by atoms with Crippen molar-refractivity contribution in [3.8, 4) is 11.4 Å². The fourth-order valence-corrected chi connectivity index (χ4v) is 4.47. The molecule has 6 aromatic rings. The summed E-state index contributed by atoms with van der Waals surface area (Å²) in [4.78, 5) is 0. The van der Waals surface area contributed by atoms with E-state index in [2.05, 4.69) is 128 Å². The van der Waals surface area contributed by atoms with Crippen LogP contribution in [0.4, 0.5) is 0 Å². The number of rotatable bonds is 4. The van der Waals surface area contributed by atoms with Crippen LogP contribution >= 0.6 is 0 Å². The van der Waals surface area contributed by atoms with Crippen LogP contribution in [0, 0.1) is 0 Å². The molecule has 1 N–H and O–H groups in total. The Morgan fingerprint density at radius 2 is 1.29 bits per heavy atom. The molecule has 2 heterocycles. The minimum absolute atomic E-state index is 0.0563. The predicted molar refractivity (Wildman–Crippen MR) is 123 cm³/mol. The van der Waals surface area contributed by atoms with Gasteiger partial charge in [-0.15, -0.1) is 10.2 Å². The van der Waals surface area contributed by atoms with Crippen molar-refractivity contribution in [2.45, 2.75) is 6.04 Å². The van der Waals surface area contributed by atoms with E-state index in [-0.39, 0.29) is 6.04 Å². The molecule has 0 atom stereocenters. The fraction of sp³-hybridized carbons (Fsp3) is 0.0385. The lowest BCUT2D eigenvalue weighted by Crippen LogP contribution is -2.12. The summed E-state index contributed by atoms with van der Waals surface area (Å²) in [6, 6.07) is 36.4. The molecule has 148 valence electrons. The Hall–Kier alpha value is -4.25. The molecular weight excluding hydrogens is 382 g/mol. The first-order valence-electron chi connectivity index (χ1n) is 10.3. The van der Waals surface area contributed by atoms with Crippen LogP contribution in [0.2, 0.25) is 0 Å². The number of aromatic amines is 1. The molecule has 5 nitrogen and oxygen atoms in total. The van der Waals surface area contributed by atoms with Crippen LogP contribution in [0.3, 0.4) is 0 Å². The molecule has 31 heavy (non-hydrogen) atoms. The summed E-state index contributed by atoms with van der Waals surface area (Å²) in [5.41, 5.74) is 5.81. The molecule has 0 unspecified atom stereocenters. The highest BCUT2D eigenvalue weighted by Crippen LogP contribution is 2.38. The lowest BCUT2D eigenvalue weighted by Gasteiger charge is -2.23. The Kier molecular flexibility index (Phi) is 4.10. The van der Waals surface area contributed by atoms with Gasteiger partial charge in [-0.3, -0.25) is 0 Å². The second-order valence-corrected chi connectivity index (χ2v) is 7.58. The van der Waals surface area contributed by atoms with Crippen molar-refractivity contribution in [1.82, 2.24) is 25.2 Å². The van der Waals surface area contributed by atoms with E-state index < -0.39 is 0 Å². The number of tetrazole rings is 1. The average Bonchev–Trinajstić information content (AvgIpc) is 3.48. The summed E-state index contributed by atoms with van der Waals surface area (Å²) in [6.45, 7) is 0. The maximum Gasteiger partial charge on any atom is 0.204 e. The van der Waals surface area contributed by atoms with E-state index >= 15 is 0 Å². The quantitative estimate of drug-likeness (QED) is 0.417. The number of aromatic nitrogens is 5. The molecule has 5 heteroatoms. The third-order valence-corrected chi connectivity index (χ3v) is 5.80. The predicted octanol–water partition coefficient (Wildman–Crippen LogP) is 5.61. The van der Waals surface area contributed by atoms with Gasteiger partial charge in [0.2, 0.25) is 5.82 Å². The van der Waals surface area contributed by atoms with Crippen molar-refractivity contribution in [2.75, 3.05) is 0 Å². The number of H-pyrrole nitrogens is 1. The Labute approximate surface area is 179 Å². The summed E-state index contributed by atoms with van der Waals surface area (Å²) < 4.78 is 2.44. The Morgan fingerprint density at radius 3 is 1.97 bits per heavy atom. The van der Waals surface area contributed by atoms with Gasteiger partial charge in [0.1, 0.15) is 0 Å². The highest BCUT2D eigenvalue weighted by atomic mass is 15.5. The summed E-state index contributed by atoms with van der Waals surface area (Å²) in [5, 5.41) is 17.0. The molecule has 2 aromatic heterocycles. The van der Waals surface area contributed by atoms with E-state index in [9.17, 15) is 0 Å². The van der Waals surface area contributed by atoms with Crippen LogP contribution in [0.5, 0.6) is 0 Å². The number of hydrogen-bond donors (Lipinski definition) is 1. The van der Waals surface area contributed by atoms with Crippen molar-refractivity contribution >= 4 is 21.8 Å². The smallest absolute Gasteiger partial charge is 0.204 e. The van der Waals surface area contributed by atoms with Gasteiger partial charge in [-0.2, -0.15) is 5.21 Å². The van der Waals surface area contributed by atoms with Gasteiger partial charge in [0.25, 0.3) is 0 Å². The molecule has 0 aliphatic carbocycles. The van der Waals surface area contributed by atoms with Gasteiger partial charge in [0.15, 0.2) is 0 Å². The number of nitrogens with zero attached hydrogens (tertiary/aromatic N) is 4. The van der Waals surface area contributed by atoms with E-state index in [4.69, 9.17) is 0 Å². The molecule has 0 saturated heterocycles. The second kappa shape index (κ2) is 7.22. The van der Waals surface area contributed by atoms with E-state index in [0.29, 0.717) is 5.82 Å². The maximum absolute atomic E-state index is 4.16. The van der Waals surface area contributed by atoms with Crippen LogP contribution in [0.15, 0.2) is 103 Å². The van der Waals surface area contributed by atoms with Crippen LogP contribution in [0.25, 0.3) is 33.2 Å². The Balaban J connectivity index is 1.68. The maximum atomic E-state index is 4.16. The molecule has 6 rings (SSSR count). The summed E-state index contributed by atoms with van der Waals surface area (Å²) in [7, 11) is 0. The largest absolute Gasteiger partial charge is 0.329 e. The molecule has 0 saturated carbocycles. The normalized spacial score (nSPS) is 11.5. The minimum atomic E-state index is 0.0563. The van der Waals surface area contributed by atoms with Crippen molar-refractivity contribution < 1.29 is 0 Å². The fourth-order valence-electron chi connectivity index (χ4n) is 4.47.